The quantitative estimate of drug-likeness (QED) is 0.803. The molecule has 1 aromatic heterocycles. The first-order chi connectivity index (χ1) is 10.1. The van der Waals surface area contributed by atoms with Crippen LogP contribution in [0.25, 0.3) is 0 Å². The van der Waals surface area contributed by atoms with Gasteiger partial charge in [-0.25, -0.2) is 0 Å². The Labute approximate surface area is 131 Å². The summed E-state index contributed by atoms with van der Waals surface area (Å²) in [5.74, 6) is 0.584. The van der Waals surface area contributed by atoms with E-state index in [1.807, 2.05) is 31.5 Å². The predicted octanol–water partition coefficient (Wildman–Crippen LogP) is 1.97. The average molecular weight is 332 g/mol. The van der Waals surface area contributed by atoms with Crippen LogP contribution >= 0.6 is 11.3 Å². The van der Waals surface area contributed by atoms with Gasteiger partial charge in [0.05, 0.1) is 6.04 Å². The zero-order valence-electron chi connectivity index (χ0n) is 12.7. The number of rotatable bonds is 7. The molecule has 2 N–H and O–H groups in total. The first-order valence-electron chi connectivity index (χ1n) is 7.52. The fraction of sp³-hybridized carbons (Fsp3) is 0.714. The van der Waals surface area contributed by atoms with E-state index in [9.17, 15) is 8.42 Å². The lowest BCUT2D eigenvalue weighted by atomic mass is 9.98. The Hall–Kier alpha value is -0.470. The van der Waals surface area contributed by atoms with Gasteiger partial charge < -0.3 is 5.32 Å². The molecule has 0 bridgehead atoms. The summed E-state index contributed by atoms with van der Waals surface area (Å²) in [6, 6.07) is 3.82. The van der Waals surface area contributed by atoms with Crippen LogP contribution in [-0.4, -0.2) is 39.4 Å². The van der Waals surface area contributed by atoms with Gasteiger partial charge in [0, 0.05) is 18.0 Å². The van der Waals surface area contributed by atoms with Crippen LogP contribution in [0.4, 0.5) is 0 Å². The Bertz CT molecular complexity index is 508. The standard InChI is InChI=1S/C14H25N3O2S2/c1-3-13(14-5-4-10-20-14)16-21(18,19)17-8-6-12(7-9-17)11-15-2/h4-5,10,12-13,15-16H,3,6-9,11H2,1-2H3. The number of nitrogens with one attached hydrogen (secondary N) is 2. The molecule has 120 valence electrons. The van der Waals surface area contributed by atoms with Crippen molar-refractivity contribution in [2.24, 2.45) is 5.92 Å². The Morgan fingerprint density at radius 1 is 1.43 bits per heavy atom. The summed E-state index contributed by atoms with van der Waals surface area (Å²) in [6.07, 6.45) is 2.62. The molecule has 7 heteroatoms. The van der Waals surface area contributed by atoms with Crippen molar-refractivity contribution >= 4 is 21.5 Å². The van der Waals surface area contributed by atoms with Crippen LogP contribution in [0, 0.1) is 5.92 Å². The highest BCUT2D eigenvalue weighted by Gasteiger charge is 2.29. The second-order valence-corrected chi connectivity index (χ2v) is 8.18. The van der Waals surface area contributed by atoms with Crippen molar-refractivity contribution in [3.05, 3.63) is 22.4 Å². The summed E-state index contributed by atoms with van der Waals surface area (Å²) in [7, 11) is -1.45. The van der Waals surface area contributed by atoms with Gasteiger partial charge in [-0.05, 0) is 50.2 Å². The van der Waals surface area contributed by atoms with Crippen LogP contribution in [-0.2, 0) is 10.2 Å². The number of hydrogen-bond donors (Lipinski definition) is 2. The lowest BCUT2D eigenvalue weighted by Crippen LogP contribution is -2.46. The molecule has 0 aliphatic carbocycles. The van der Waals surface area contributed by atoms with Crippen LogP contribution in [0.1, 0.15) is 37.1 Å². The number of piperidine rings is 1. The predicted molar refractivity (Wildman–Crippen MR) is 87.6 cm³/mol. The lowest BCUT2D eigenvalue weighted by Gasteiger charge is -2.32. The molecular formula is C14H25N3O2S2. The van der Waals surface area contributed by atoms with Crippen molar-refractivity contribution in [1.29, 1.82) is 0 Å². The van der Waals surface area contributed by atoms with E-state index in [1.54, 1.807) is 15.6 Å². The van der Waals surface area contributed by atoms with Gasteiger partial charge in [-0.3, -0.25) is 0 Å². The molecule has 0 amide bonds. The maximum atomic E-state index is 12.5. The lowest BCUT2D eigenvalue weighted by molar-refractivity contribution is 0.267. The zero-order valence-corrected chi connectivity index (χ0v) is 14.3. The monoisotopic (exact) mass is 331 g/mol. The molecule has 0 aromatic carbocycles. The number of nitrogens with zero attached hydrogens (tertiary/aromatic N) is 1. The minimum Gasteiger partial charge on any atom is -0.319 e. The van der Waals surface area contributed by atoms with Crippen molar-refractivity contribution in [1.82, 2.24) is 14.3 Å². The Balaban J connectivity index is 1.96. The van der Waals surface area contributed by atoms with Gasteiger partial charge in [-0.15, -0.1) is 11.3 Å². The Kier molecular flexibility index (Phi) is 6.19. The smallest absolute Gasteiger partial charge is 0.280 e. The number of thiophene rings is 1. The van der Waals surface area contributed by atoms with Crippen molar-refractivity contribution in [3.63, 3.8) is 0 Å². The van der Waals surface area contributed by atoms with E-state index < -0.39 is 10.2 Å². The van der Waals surface area contributed by atoms with Crippen molar-refractivity contribution in [3.8, 4) is 0 Å². The molecule has 1 aromatic rings. The second kappa shape index (κ2) is 7.69. The largest absolute Gasteiger partial charge is 0.319 e. The van der Waals surface area contributed by atoms with Crippen LogP contribution < -0.4 is 10.0 Å². The number of hydrogen-bond acceptors (Lipinski definition) is 4. The molecule has 0 spiro atoms. The Morgan fingerprint density at radius 3 is 2.67 bits per heavy atom. The third-order valence-corrected chi connectivity index (χ3v) is 6.61. The van der Waals surface area contributed by atoms with E-state index >= 15 is 0 Å². The van der Waals surface area contributed by atoms with Gasteiger partial charge in [0.15, 0.2) is 0 Å². The highest BCUT2D eigenvalue weighted by Crippen LogP contribution is 2.24. The molecule has 2 heterocycles. The molecule has 0 saturated carbocycles. The molecule has 1 unspecified atom stereocenters. The molecule has 2 rings (SSSR count). The first-order valence-corrected chi connectivity index (χ1v) is 9.84. The van der Waals surface area contributed by atoms with Crippen molar-refractivity contribution in [2.45, 2.75) is 32.2 Å². The van der Waals surface area contributed by atoms with E-state index in [0.29, 0.717) is 19.0 Å². The van der Waals surface area contributed by atoms with Crippen LogP contribution in [0.15, 0.2) is 17.5 Å². The van der Waals surface area contributed by atoms with E-state index in [4.69, 9.17) is 0 Å². The fourth-order valence-corrected chi connectivity index (χ4v) is 5.16. The molecule has 21 heavy (non-hydrogen) atoms. The topological polar surface area (TPSA) is 61.4 Å². The first kappa shape index (κ1) is 16.9. The minimum atomic E-state index is -3.39. The Morgan fingerprint density at radius 2 is 2.14 bits per heavy atom. The van der Waals surface area contributed by atoms with Crippen LogP contribution in [0.2, 0.25) is 0 Å². The molecule has 1 aliphatic rings. The molecule has 1 aliphatic heterocycles. The van der Waals surface area contributed by atoms with Crippen molar-refractivity contribution in [2.75, 3.05) is 26.7 Å². The normalized spacial score (nSPS) is 19.7. The molecule has 1 saturated heterocycles. The summed E-state index contributed by atoms with van der Waals surface area (Å²) < 4.78 is 29.5. The summed E-state index contributed by atoms with van der Waals surface area (Å²) in [6.45, 7) is 4.20. The highest BCUT2D eigenvalue weighted by molar-refractivity contribution is 7.87. The molecule has 1 fully saturated rings. The van der Waals surface area contributed by atoms with E-state index in [1.165, 1.54) is 0 Å². The summed E-state index contributed by atoms with van der Waals surface area (Å²) in [5.41, 5.74) is 0. The fourth-order valence-electron chi connectivity index (χ4n) is 2.73. The van der Waals surface area contributed by atoms with Crippen molar-refractivity contribution < 1.29 is 8.42 Å². The van der Waals surface area contributed by atoms with Crippen LogP contribution in [0.3, 0.4) is 0 Å². The maximum absolute atomic E-state index is 12.5. The summed E-state index contributed by atoms with van der Waals surface area (Å²) in [4.78, 5) is 1.08. The minimum absolute atomic E-state index is 0.120. The SMILES string of the molecule is CCC(NS(=O)(=O)N1CCC(CNC)CC1)c1cccs1. The molecule has 0 radical (unpaired) electrons. The van der Waals surface area contributed by atoms with Gasteiger partial charge >= 0.3 is 0 Å². The van der Waals surface area contributed by atoms with E-state index in [0.717, 1.165) is 30.7 Å². The van der Waals surface area contributed by atoms with Gasteiger partial charge in [0.25, 0.3) is 10.2 Å². The van der Waals surface area contributed by atoms with Gasteiger partial charge in [-0.2, -0.15) is 17.4 Å². The van der Waals surface area contributed by atoms with Gasteiger partial charge in [-0.1, -0.05) is 13.0 Å². The van der Waals surface area contributed by atoms with Crippen LogP contribution in [0.5, 0.6) is 0 Å². The molecule has 1 atom stereocenters. The zero-order chi connectivity index (χ0) is 15.3. The van der Waals surface area contributed by atoms with E-state index in [2.05, 4.69) is 10.0 Å². The molecule has 5 nitrogen and oxygen atoms in total. The summed E-state index contributed by atoms with van der Waals surface area (Å²) in [5, 5.41) is 5.15. The second-order valence-electron chi connectivity index (χ2n) is 5.50. The van der Waals surface area contributed by atoms with Gasteiger partial charge in [0.2, 0.25) is 0 Å². The van der Waals surface area contributed by atoms with E-state index in [-0.39, 0.29) is 6.04 Å². The third kappa shape index (κ3) is 4.50. The van der Waals surface area contributed by atoms with Gasteiger partial charge in [0.1, 0.15) is 0 Å². The average Bonchev–Trinajstić information content (AvgIpc) is 3.00. The highest BCUT2D eigenvalue weighted by atomic mass is 32.2. The summed E-state index contributed by atoms with van der Waals surface area (Å²) >= 11 is 1.60. The molecular weight excluding hydrogens is 306 g/mol. The third-order valence-electron chi connectivity index (χ3n) is 3.99. The maximum Gasteiger partial charge on any atom is 0.280 e.